The fraction of sp³-hybridized carbons (Fsp3) is 0.700. The number of hydrogen-bond donors (Lipinski definition) is 0. The van der Waals surface area contributed by atoms with Crippen molar-refractivity contribution < 1.29 is 13.9 Å². The van der Waals surface area contributed by atoms with Crippen molar-refractivity contribution in [1.29, 1.82) is 0 Å². The molecule has 3 nitrogen and oxygen atoms in total. The molecule has 0 amide bonds. The summed E-state index contributed by atoms with van der Waals surface area (Å²) < 4.78 is 17.7. The van der Waals surface area contributed by atoms with Crippen LogP contribution in [-0.2, 0) is 4.43 Å². The second-order valence-corrected chi connectivity index (χ2v) is 13.2. The van der Waals surface area contributed by atoms with Crippen molar-refractivity contribution in [3.05, 3.63) is 23.8 Å². The topological polar surface area (TPSA) is 27.7 Å². The quantitative estimate of drug-likeness (QED) is 0.633. The molecular formula is C20H34O3Si. The fourth-order valence-electron chi connectivity index (χ4n) is 3.22. The van der Waals surface area contributed by atoms with Gasteiger partial charge in [-0.1, -0.05) is 33.6 Å². The maximum Gasteiger partial charge on any atom is 0.192 e. The molecule has 0 radical (unpaired) electrons. The van der Waals surface area contributed by atoms with E-state index in [9.17, 15) is 0 Å². The van der Waals surface area contributed by atoms with E-state index in [1.165, 1.54) is 24.8 Å². The molecule has 1 aromatic rings. The van der Waals surface area contributed by atoms with E-state index in [1.807, 2.05) is 6.07 Å². The highest BCUT2D eigenvalue weighted by Crippen LogP contribution is 2.43. The Morgan fingerprint density at radius 1 is 0.917 bits per heavy atom. The monoisotopic (exact) mass is 350 g/mol. The lowest BCUT2D eigenvalue weighted by Crippen LogP contribution is -2.46. The number of rotatable bonds is 5. The third-order valence-electron chi connectivity index (χ3n) is 5.76. The zero-order valence-electron chi connectivity index (χ0n) is 16.4. The Morgan fingerprint density at radius 3 is 1.96 bits per heavy atom. The zero-order chi connectivity index (χ0) is 18.0. The lowest BCUT2D eigenvalue weighted by Gasteiger charge is -2.43. The fourth-order valence-corrected chi connectivity index (χ4v) is 4.61. The summed E-state index contributed by atoms with van der Waals surface area (Å²) >= 11 is 0. The Bertz CT molecular complexity index is 526. The predicted molar refractivity (Wildman–Crippen MR) is 103 cm³/mol. The third kappa shape index (κ3) is 4.34. The Morgan fingerprint density at radius 2 is 1.46 bits per heavy atom. The number of hydrogen-bond acceptors (Lipinski definition) is 3. The second kappa shape index (κ2) is 7.48. The summed E-state index contributed by atoms with van der Waals surface area (Å²) in [6.45, 7) is 11.6. The van der Waals surface area contributed by atoms with Crippen LogP contribution >= 0.6 is 0 Å². The minimum atomic E-state index is -1.77. The summed E-state index contributed by atoms with van der Waals surface area (Å²) in [5.74, 6) is 2.15. The molecule has 0 saturated heterocycles. The van der Waals surface area contributed by atoms with Gasteiger partial charge in [0.15, 0.2) is 8.32 Å². The molecule has 1 aromatic carbocycles. The first-order valence-electron chi connectivity index (χ1n) is 9.09. The normalized spacial score (nSPS) is 22.3. The summed E-state index contributed by atoms with van der Waals surface area (Å²) in [7, 11) is 1.65. The standard InChI is InChI=1S/C20H34O3Si/c1-20(2,3)24(6,7)23-19-11-9-8-10-18(19)15-12-16(21-4)14-17(13-15)22-5/h12-14,18-19H,8-11H2,1-7H3/t18-,19+/m0/s1. The summed E-state index contributed by atoms with van der Waals surface area (Å²) in [4.78, 5) is 0. The van der Waals surface area contributed by atoms with E-state index in [1.54, 1.807) is 14.2 Å². The van der Waals surface area contributed by atoms with Crippen molar-refractivity contribution in [2.24, 2.45) is 0 Å². The maximum absolute atomic E-state index is 6.81. The van der Waals surface area contributed by atoms with E-state index >= 15 is 0 Å². The molecule has 4 heteroatoms. The van der Waals surface area contributed by atoms with Crippen LogP contribution in [0.2, 0.25) is 18.1 Å². The van der Waals surface area contributed by atoms with Crippen LogP contribution in [-0.4, -0.2) is 28.6 Å². The maximum atomic E-state index is 6.81. The molecule has 0 aromatic heterocycles. The molecule has 136 valence electrons. The first-order chi connectivity index (χ1) is 11.2. The molecule has 1 saturated carbocycles. The van der Waals surface area contributed by atoms with Gasteiger partial charge in [0, 0.05) is 12.0 Å². The van der Waals surface area contributed by atoms with Crippen molar-refractivity contribution >= 4 is 8.32 Å². The van der Waals surface area contributed by atoms with E-state index in [4.69, 9.17) is 13.9 Å². The van der Waals surface area contributed by atoms with Gasteiger partial charge < -0.3 is 13.9 Å². The molecule has 2 atom stereocenters. The zero-order valence-corrected chi connectivity index (χ0v) is 17.4. The van der Waals surface area contributed by atoms with Gasteiger partial charge in [0.1, 0.15) is 11.5 Å². The van der Waals surface area contributed by atoms with E-state index in [-0.39, 0.29) is 5.04 Å². The van der Waals surface area contributed by atoms with E-state index < -0.39 is 8.32 Å². The van der Waals surface area contributed by atoms with Crippen LogP contribution in [0.1, 0.15) is 57.9 Å². The summed E-state index contributed by atoms with van der Waals surface area (Å²) in [6, 6.07) is 6.25. The largest absolute Gasteiger partial charge is 0.497 e. The predicted octanol–water partition coefficient (Wildman–Crippen LogP) is 5.75. The highest BCUT2D eigenvalue weighted by atomic mass is 28.4. The van der Waals surface area contributed by atoms with Gasteiger partial charge in [-0.05, 0) is 48.7 Å². The van der Waals surface area contributed by atoms with Gasteiger partial charge in [-0.3, -0.25) is 0 Å². The third-order valence-corrected chi connectivity index (χ3v) is 10.3. The van der Waals surface area contributed by atoms with Crippen LogP contribution in [0.15, 0.2) is 18.2 Å². The van der Waals surface area contributed by atoms with Crippen LogP contribution in [0.4, 0.5) is 0 Å². The second-order valence-electron chi connectivity index (χ2n) is 8.45. The summed E-state index contributed by atoms with van der Waals surface area (Å²) in [6.07, 6.45) is 5.15. The lowest BCUT2D eigenvalue weighted by atomic mass is 9.81. The molecule has 0 unspecified atom stereocenters. The molecule has 0 bridgehead atoms. The number of ether oxygens (including phenoxy) is 2. The molecule has 0 heterocycles. The van der Waals surface area contributed by atoms with Gasteiger partial charge in [0.25, 0.3) is 0 Å². The van der Waals surface area contributed by atoms with E-state index in [0.29, 0.717) is 12.0 Å². The molecule has 1 aliphatic rings. The Kier molecular flexibility index (Phi) is 6.03. The highest BCUT2D eigenvalue weighted by Gasteiger charge is 2.41. The molecule has 0 N–H and O–H groups in total. The van der Waals surface area contributed by atoms with Gasteiger partial charge in [0.2, 0.25) is 0 Å². The molecule has 0 spiro atoms. The van der Waals surface area contributed by atoms with Gasteiger partial charge >= 0.3 is 0 Å². The van der Waals surface area contributed by atoms with Crippen molar-refractivity contribution in [3.63, 3.8) is 0 Å². The Labute approximate surface area is 148 Å². The van der Waals surface area contributed by atoms with E-state index in [0.717, 1.165) is 17.9 Å². The van der Waals surface area contributed by atoms with Crippen molar-refractivity contribution in [2.75, 3.05) is 14.2 Å². The summed E-state index contributed by atoms with van der Waals surface area (Å²) in [5, 5.41) is 0.237. The van der Waals surface area contributed by atoms with Crippen LogP contribution in [0, 0.1) is 0 Å². The van der Waals surface area contributed by atoms with Gasteiger partial charge in [-0.2, -0.15) is 0 Å². The number of methoxy groups -OCH3 is 2. The molecule has 2 rings (SSSR count). The van der Waals surface area contributed by atoms with Crippen LogP contribution in [0.3, 0.4) is 0 Å². The van der Waals surface area contributed by atoms with Gasteiger partial charge in [0.05, 0.1) is 20.3 Å². The Balaban J connectivity index is 2.29. The summed E-state index contributed by atoms with van der Waals surface area (Å²) in [5.41, 5.74) is 1.29. The van der Waals surface area contributed by atoms with Gasteiger partial charge in [-0.25, -0.2) is 0 Å². The molecule has 1 aliphatic carbocycles. The first kappa shape index (κ1) is 19.3. The van der Waals surface area contributed by atoms with Gasteiger partial charge in [-0.15, -0.1) is 0 Å². The highest BCUT2D eigenvalue weighted by molar-refractivity contribution is 6.74. The minimum Gasteiger partial charge on any atom is -0.497 e. The molecule has 1 fully saturated rings. The van der Waals surface area contributed by atoms with Crippen LogP contribution < -0.4 is 9.47 Å². The smallest absolute Gasteiger partial charge is 0.192 e. The van der Waals surface area contributed by atoms with Crippen molar-refractivity contribution in [3.8, 4) is 11.5 Å². The molecule has 24 heavy (non-hydrogen) atoms. The average molecular weight is 351 g/mol. The lowest BCUT2D eigenvalue weighted by molar-refractivity contribution is 0.114. The first-order valence-corrected chi connectivity index (χ1v) is 12.0. The van der Waals surface area contributed by atoms with Crippen molar-refractivity contribution in [2.45, 2.75) is 76.6 Å². The van der Waals surface area contributed by atoms with Crippen LogP contribution in [0.5, 0.6) is 11.5 Å². The Hall–Kier alpha value is -1.00. The molecule has 0 aliphatic heterocycles. The van der Waals surface area contributed by atoms with Crippen LogP contribution in [0.25, 0.3) is 0 Å². The average Bonchev–Trinajstić information content (AvgIpc) is 2.53. The SMILES string of the molecule is COc1cc(OC)cc([C@@H]2CCCC[C@H]2O[Si](C)(C)C(C)(C)C)c1. The molecular weight excluding hydrogens is 316 g/mol. The van der Waals surface area contributed by atoms with E-state index in [2.05, 4.69) is 46.0 Å². The van der Waals surface area contributed by atoms with Crippen molar-refractivity contribution in [1.82, 2.24) is 0 Å². The number of benzene rings is 1. The minimum absolute atomic E-state index is 0.237.